The predicted molar refractivity (Wildman–Crippen MR) is 150 cm³/mol. The summed E-state index contributed by atoms with van der Waals surface area (Å²) in [5.74, 6) is 6.40. The van der Waals surface area contributed by atoms with Crippen LogP contribution in [0.5, 0.6) is 11.6 Å². The summed E-state index contributed by atoms with van der Waals surface area (Å²) in [5.41, 5.74) is 2.18. The monoisotopic (exact) mass is 543 g/mol. The van der Waals surface area contributed by atoms with Crippen molar-refractivity contribution in [3.63, 3.8) is 0 Å². The Hall–Kier alpha value is -4.62. The molecule has 0 fully saturated rings. The fourth-order valence-electron chi connectivity index (χ4n) is 4.24. The van der Waals surface area contributed by atoms with Crippen molar-refractivity contribution in [2.45, 2.75) is 26.0 Å². The van der Waals surface area contributed by atoms with Gasteiger partial charge < -0.3 is 29.7 Å². The van der Waals surface area contributed by atoms with Gasteiger partial charge >= 0.3 is 6.03 Å². The number of carbonyl (C=O) groups is 2. The van der Waals surface area contributed by atoms with Crippen molar-refractivity contribution < 1.29 is 24.2 Å². The zero-order valence-electron chi connectivity index (χ0n) is 23.0. The van der Waals surface area contributed by atoms with Crippen LogP contribution in [0.15, 0.2) is 61.1 Å². The molecule has 10 heteroatoms. The number of urea groups is 1. The number of benzene rings is 1. The molecule has 0 spiro atoms. The maximum atomic E-state index is 13.6. The Morgan fingerprint density at radius 2 is 2.00 bits per heavy atom. The summed E-state index contributed by atoms with van der Waals surface area (Å²) in [7, 11) is 3.24. The molecule has 0 saturated carbocycles. The van der Waals surface area contributed by atoms with Gasteiger partial charge in [-0.3, -0.25) is 9.78 Å². The number of aromatic nitrogens is 2. The predicted octanol–water partition coefficient (Wildman–Crippen LogP) is 3.27. The highest BCUT2D eigenvalue weighted by Crippen LogP contribution is 2.27. The van der Waals surface area contributed by atoms with Crippen LogP contribution < -0.4 is 14.8 Å². The lowest BCUT2D eigenvalue weighted by Gasteiger charge is -2.37. The molecule has 4 rings (SSSR count). The molecule has 3 atom stereocenters. The fraction of sp³-hybridized carbons (Fsp3) is 0.333. The quantitative estimate of drug-likeness (QED) is 0.459. The highest BCUT2D eigenvalue weighted by molar-refractivity contribution is 5.97. The summed E-state index contributed by atoms with van der Waals surface area (Å²) in [5, 5.41) is 12.8. The second-order valence-corrected chi connectivity index (χ2v) is 9.73. The van der Waals surface area contributed by atoms with E-state index >= 15 is 0 Å². The van der Waals surface area contributed by atoms with Gasteiger partial charge in [0, 0.05) is 61.0 Å². The lowest BCUT2D eigenvalue weighted by atomic mass is 10.00. The molecule has 208 valence electrons. The fourth-order valence-corrected chi connectivity index (χ4v) is 4.24. The lowest BCUT2D eigenvalue weighted by Crippen LogP contribution is -2.50. The summed E-state index contributed by atoms with van der Waals surface area (Å²) < 4.78 is 11.5. The topological polar surface area (TPSA) is 117 Å². The van der Waals surface area contributed by atoms with Crippen molar-refractivity contribution >= 4 is 17.6 Å². The van der Waals surface area contributed by atoms with E-state index in [0.29, 0.717) is 23.5 Å². The maximum absolute atomic E-state index is 13.6. The lowest BCUT2D eigenvalue weighted by molar-refractivity contribution is 0.0356. The molecule has 0 unspecified atom stereocenters. The minimum absolute atomic E-state index is 0.160. The molecule has 1 aliphatic heterocycles. The molecule has 40 heavy (non-hydrogen) atoms. The number of nitrogens with one attached hydrogen (secondary N) is 1. The van der Waals surface area contributed by atoms with Crippen LogP contribution in [0.4, 0.5) is 10.5 Å². The largest absolute Gasteiger partial charge is 0.497 e. The smallest absolute Gasteiger partial charge is 0.321 e. The normalized spacial score (nSPS) is 17.2. The van der Waals surface area contributed by atoms with Crippen LogP contribution in [0.2, 0.25) is 0 Å². The van der Waals surface area contributed by atoms with Gasteiger partial charge in [-0.05, 0) is 37.3 Å². The van der Waals surface area contributed by atoms with E-state index in [1.165, 1.54) is 4.90 Å². The van der Waals surface area contributed by atoms with Gasteiger partial charge in [-0.25, -0.2) is 9.78 Å². The van der Waals surface area contributed by atoms with E-state index in [1.807, 2.05) is 6.92 Å². The van der Waals surface area contributed by atoms with Gasteiger partial charge in [-0.2, -0.15) is 0 Å². The Labute approximate surface area is 234 Å². The number of carbonyl (C=O) groups excluding carboxylic acids is 2. The van der Waals surface area contributed by atoms with Gasteiger partial charge in [0.05, 0.1) is 26.3 Å². The van der Waals surface area contributed by atoms with Gasteiger partial charge in [0.1, 0.15) is 17.4 Å². The van der Waals surface area contributed by atoms with E-state index in [9.17, 15) is 14.7 Å². The number of amides is 3. The molecule has 2 N–H and O–H groups in total. The van der Waals surface area contributed by atoms with Gasteiger partial charge in [0.15, 0.2) is 0 Å². The summed E-state index contributed by atoms with van der Waals surface area (Å²) in [6.07, 6.45) is 4.39. The van der Waals surface area contributed by atoms with E-state index in [1.54, 1.807) is 87.0 Å². The van der Waals surface area contributed by atoms with Gasteiger partial charge in [0.2, 0.25) is 5.88 Å². The average Bonchev–Trinajstić information content (AvgIpc) is 2.98. The van der Waals surface area contributed by atoms with E-state index in [0.717, 1.165) is 5.56 Å². The molecule has 0 radical (unpaired) electrons. The van der Waals surface area contributed by atoms with Crippen LogP contribution in [0.3, 0.4) is 0 Å². The third-order valence-electron chi connectivity index (χ3n) is 6.67. The van der Waals surface area contributed by atoms with Gasteiger partial charge in [-0.1, -0.05) is 24.8 Å². The number of anilines is 1. The molecular weight excluding hydrogens is 510 g/mol. The number of pyridine rings is 2. The van der Waals surface area contributed by atoms with E-state index < -0.39 is 12.1 Å². The summed E-state index contributed by atoms with van der Waals surface area (Å²) >= 11 is 0. The van der Waals surface area contributed by atoms with Crippen molar-refractivity contribution in [2.75, 3.05) is 39.2 Å². The minimum Gasteiger partial charge on any atom is -0.497 e. The van der Waals surface area contributed by atoms with E-state index in [-0.39, 0.29) is 42.5 Å². The molecule has 0 saturated heterocycles. The number of rotatable bonds is 6. The molecule has 0 bridgehead atoms. The Balaban J connectivity index is 1.59. The number of nitrogens with zero attached hydrogens (tertiary/aromatic N) is 4. The Morgan fingerprint density at radius 3 is 2.73 bits per heavy atom. The molecule has 3 amide bonds. The number of ether oxygens (including phenoxy) is 2. The highest BCUT2D eigenvalue weighted by atomic mass is 16.5. The molecule has 1 aliphatic rings. The molecular formula is C30H33N5O5. The van der Waals surface area contributed by atoms with Gasteiger partial charge in [-0.15, -0.1) is 0 Å². The molecule has 3 aromatic rings. The first kappa shape index (κ1) is 28.4. The number of hydrogen-bond acceptors (Lipinski definition) is 7. The number of fused-ring (bicyclic) bond motifs is 1. The van der Waals surface area contributed by atoms with Crippen molar-refractivity contribution in [3.8, 4) is 23.5 Å². The van der Waals surface area contributed by atoms with E-state index in [2.05, 4.69) is 27.1 Å². The number of aliphatic hydroxyl groups is 1. The van der Waals surface area contributed by atoms with Crippen LogP contribution in [0, 0.1) is 17.8 Å². The Kier molecular flexibility index (Phi) is 9.19. The Bertz CT molecular complexity index is 1400. The number of likely N-dealkylation sites (N-methyl/N-ethyl adjacent to an activating group) is 1. The third-order valence-corrected chi connectivity index (χ3v) is 6.67. The van der Waals surface area contributed by atoms with Crippen LogP contribution in [-0.2, 0) is 0 Å². The second-order valence-electron chi connectivity index (χ2n) is 9.73. The first-order valence-corrected chi connectivity index (χ1v) is 13.0. The van der Waals surface area contributed by atoms with Crippen LogP contribution in [0.25, 0.3) is 0 Å². The number of aliphatic hydroxyl groups excluding tert-OH is 1. The number of methoxy groups -OCH3 is 1. The van der Waals surface area contributed by atoms with Crippen molar-refractivity contribution in [1.82, 2.24) is 19.8 Å². The molecule has 10 nitrogen and oxygen atoms in total. The van der Waals surface area contributed by atoms with Crippen LogP contribution in [0.1, 0.15) is 35.3 Å². The summed E-state index contributed by atoms with van der Waals surface area (Å²) in [4.78, 5) is 38.2. The zero-order chi connectivity index (χ0) is 28.6. The van der Waals surface area contributed by atoms with Crippen LogP contribution in [-0.4, -0.2) is 82.8 Å². The zero-order valence-corrected chi connectivity index (χ0v) is 23.0. The first-order valence-electron chi connectivity index (χ1n) is 13.0. The summed E-state index contributed by atoms with van der Waals surface area (Å²) in [6.45, 7) is 4.09. The van der Waals surface area contributed by atoms with Crippen molar-refractivity contribution in [3.05, 3.63) is 77.7 Å². The van der Waals surface area contributed by atoms with Crippen LogP contribution >= 0.6 is 0 Å². The average molecular weight is 544 g/mol. The standard InChI is InChI=1S/C30H33N5O5/c1-20-17-35(21(2)19-36)29(37)26-14-23(9-8-22-10-12-31-13-11-22)16-32-28(26)40-27(20)18-34(3)30(38)33-24-6-5-7-25(15-24)39-4/h5-7,10-16,20-21,27,36H,17-19H2,1-4H3,(H,33,38)/t20-,21-,27-/m1/s1. The number of hydrogen-bond donors (Lipinski definition) is 2. The van der Waals surface area contributed by atoms with Crippen molar-refractivity contribution in [2.24, 2.45) is 5.92 Å². The molecule has 3 heterocycles. The van der Waals surface area contributed by atoms with Crippen molar-refractivity contribution in [1.29, 1.82) is 0 Å². The SMILES string of the molecule is COc1cccc(NC(=O)N(C)C[C@H]2Oc3ncc(C#Cc4ccncc4)cc3C(=O)N([C@H](C)CO)C[C@H]2C)c1. The molecule has 1 aromatic carbocycles. The van der Waals surface area contributed by atoms with Gasteiger partial charge in [0.25, 0.3) is 5.91 Å². The highest BCUT2D eigenvalue weighted by Gasteiger charge is 2.34. The summed E-state index contributed by atoms with van der Waals surface area (Å²) in [6, 6.07) is 11.6. The first-order chi connectivity index (χ1) is 19.3. The Morgan fingerprint density at radius 1 is 1.25 bits per heavy atom. The second kappa shape index (κ2) is 13.0. The van der Waals surface area contributed by atoms with E-state index in [4.69, 9.17) is 9.47 Å². The third kappa shape index (κ3) is 6.87. The molecule has 0 aliphatic carbocycles. The minimum atomic E-state index is -0.484. The molecule has 2 aromatic heterocycles. The maximum Gasteiger partial charge on any atom is 0.321 e.